The van der Waals surface area contributed by atoms with Gasteiger partial charge >= 0.3 is 0 Å². The van der Waals surface area contributed by atoms with Crippen molar-refractivity contribution in [3.05, 3.63) is 33.3 Å². The highest BCUT2D eigenvalue weighted by atomic mass is 32.1. The summed E-state index contributed by atoms with van der Waals surface area (Å²) >= 11 is 1.85. The van der Waals surface area contributed by atoms with Crippen LogP contribution in [0.4, 0.5) is 5.95 Å². The van der Waals surface area contributed by atoms with Crippen LogP contribution in [0.1, 0.15) is 34.4 Å². The van der Waals surface area contributed by atoms with Gasteiger partial charge in [-0.2, -0.15) is 0 Å². The first-order valence-corrected chi connectivity index (χ1v) is 8.33. The van der Waals surface area contributed by atoms with Crippen molar-refractivity contribution in [2.45, 2.75) is 47.2 Å². The zero-order chi connectivity index (χ0) is 15.2. The van der Waals surface area contributed by atoms with Crippen LogP contribution in [0, 0.1) is 20.8 Å². The van der Waals surface area contributed by atoms with Gasteiger partial charge in [0.25, 0.3) is 0 Å². The Balaban J connectivity index is 1.92. The highest BCUT2D eigenvalue weighted by Gasteiger charge is 2.07. The van der Waals surface area contributed by atoms with Gasteiger partial charge in [-0.05, 0) is 45.7 Å². The molecule has 21 heavy (non-hydrogen) atoms. The van der Waals surface area contributed by atoms with E-state index >= 15 is 0 Å². The fraction of sp³-hybridized carbons (Fsp3) is 0.562. The Hall–Kier alpha value is -1.33. The van der Waals surface area contributed by atoms with Crippen molar-refractivity contribution < 1.29 is 4.74 Å². The number of hydrogen-bond acceptors (Lipinski definition) is 4. The van der Waals surface area contributed by atoms with E-state index in [0.717, 1.165) is 44.4 Å². The van der Waals surface area contributed by atoms with Gasteiger partial charge in [-0.15, -0.1) is 11.3 Å². The van der Waals surface area contributed by atoms with Crippen LogP contribution >= 0.6 is 11.3 Å². The van der Waals surface area contributed by atoms with Gasteiger partial charge in [-0.25, -0.2) is 4.98 Å². The van der Waals surface area contributed by atoms with Gasteiger partial charge in [0, 0.05) is 35.7 Å². The van der Waals surface area contributed by atoms with Crippen LogP contribution in [0.2, 0.25) is 0 Å². The van der Waals surface area contributed by atoms with E-state index in [-0.39, 0.29) is 0 Å². The van der Waals surface area contributed by atoms with Crippen LogP contribution in [-0.4, -0.2) is 22.8 Å². The van der Waals surface area contributed by atoms with E-state index in [1.54, 1.807) is 0 Å². The summed E-state index contributed by atoms with van der Waals surface area (Å²) in [5.41, 5.74) is 2.42. The molecule has 0 aliphatic rings. The first kappa shape index (κ1) is 16.0. The summed E-state index contributed by atoms with van der Waals surface area (Å²) in [6, 6.07) is 2.25. The molecule has 0 radical (unpaired) electrons. The molecule has 0 aliphatic heterocycles. The third-order valence-corrected chi connectivity index (χ3v) is 4.58. The second-order valence-electron chi connectivity index (χ2n) is 5.26. The molecule has 2 aromatic rings. The number of aryl methyl sites for hydroxylation is 4. The lowest BCUT2D eigenvalue weighted by Crippen LogP contribution is -2.08. The normalized spacial score (nSPS) is 11.0. The second kappa shape index (κ2) is 7.61. The van der Waals surface area contributed by atoms with Gasteiger partial charge in [-0.3, -0.25) is 0 Å². The number of hydrogen-bond donors (Lipinski definition) is 1. The summed E-state index contributed by atoms with van der Waals surface area (Å²) < 4.78 is 7.58. The molecule has 0 aromatic carbocycles. The minimum atomic E-state index is 0.783. The number of anilines is 1. The Morgan fingerprint density at radius 3 is 2.81 bits per heavy atom. The average Bonchev–Trinajstić information content (AvgIpc) is 2.96. The molecule has 0 bridgehead atoms. The highest BCUT2D eigenvalue weighted by Crippen LogP contribution is 2.21. The van der Waals surface area contributed by atoms with Crippen molar-refractivity contribution >= 4 is 17.3 Å². The highest BCUT2D eigenvalue weighted by molar-refractivity contribution is 7.12. The molecule has 0 spiro atoms. The van der Waals surface area contributed by atoms with Crippen molar-refractivity contribution in [3.8, 4) is 0 Å². The maximum Gasteiger partial charge on any atom is 0.203 e. The molecule has 5 heteroatoms. The zero-order valence-electron chi connectivity index (χ0n) is 13.4. The SMILES string of the molecule is CCOCCCn1cc(C)nc1NCc1cc(C)c(C)s1. The molecule has 2 heterocycles. The quantitative estimate of drug-likeness (QED) is 0.752. The number of rotatable bonds is 8. The number of ether oxygens (including phenoxy) is 1. The molecule has 0 saturated carbocycles. The van der Waals surface area contributed by atoms with Gasteiger partial charge in [0.05, 0.1) is 12.2 Å². The molecule has 2 rings (SSSR count). The topological polar surface area (TPSA) is 39.1 Å². The minimum Gasteiger partial charge on any atom is -0.382 e. The Morgan fingerprint density at radius 1 is 1.33 bits per heavy atom. The van der Waals surface area contributed by atoms with E-state index in [1.165, 1.54) is 15.3 Å². The summed E-state index contributed by atoms with van der Waals surface area (Å²) in [6.45, 7) is 11.7. The second-order valence-corrected chi connectivity index (χ2v) is 6.60. The minimum absolute atomic E-state index is 0.783. The van der Waals surface area contributed by atoms with Crippen LogP contribution in [0.3, 0.4) is 0 Å². The summed E-state index contributed by atoms with van der Waals surface area (Å²) in [6.07, 6.45) is 3.11. The fourth-order valence-corrected chi connectivity index (χ4v) is 3.24. The lowest BCUT2D eigenvalue weighted by atomic mass is 10.3. The van der Waals surface area contributed by atoms with Gasteiger partial charge < -0.3 is 14.6 Å². The summed E-state index contributed by atoms with van der Waals surface area (Å²) in [5, 5.41) is 3.45. The third kappa shape index (κ3) is 4.58. The van der Waals surface area contributed by atoms with Crippen LogP contribution in [0.15, 0.2) is 12.3 Å². The Bertz CT molecular complexity index is 555. The molecular weight excluding hydrogens is 282 g/mol. The summed E-state index contributed by atoms with van der Waals surface area (Å²) in [5.74, 6) is 0.952. The monoisotopic (exact) mass is 307 g/mol. The van der Waals surface area contributed by atoms with E-state index in [2.05, 4.69) is 41.0 Å². The van der Waals surface area contributed by atoms with E-state index in [9.17, 15) is 0 Å². The fourth-order valence-electron chi connectivity index (χ4n) is 2.24. The maximum absolute atomic E-state index is 5.39. The van der Waals surface area contributed by atoms with Gasteiger partial charge in [-0.1, -0.05) is 0 Å². The van der Waals surface area contributed by atoms with Crippen LogP contribution in [0.25, 0.3) is 0 Å². The molecule has 116 valence electrons. The van der Waals surface area contributed by atoms with Crippen molar-refractivity contribution in [1.82, 2.24) is 9.55 Å². The Morgan fingerprint density at radius 2 is 2.14 bits per heavy atom. The molecule has 0 atom stereocenters. The average molecular weight is 307 g/mol. The number of thiophene rings is 1. The van der Waals surface area contributed by atoms with Crippen LogP contribution in [-0.2, 0) is 17.8 Å². The number of aromatic nitrogens is 2. The molecule has 0 fully saturated rings. The van der Waals surface area contributed by atoms with Crippen LogP contribution in [0.5, 0.6) is 0 Å². The Labute approximate surface area is 131 Å². The van der Waals surface area contributed by atoms with E-state index < -0.39 is 0 Å². The predicted octanol–water partition coefficient (Wildman–Crippen LogP) is 3.91. The first-order valence-electron chi connectivity index (χ1n) is 7.51. The molecular formula is C16H25N3OS. The number of nitrogens with one attached hydrogen (secondary N) is 1. The van der Waals surface area contributed by atoms with Crippen molar-refractivity contribution in [2.24, 2.45) is 0 Å². The smallest absolute Gasteiger partial charge is 0.203 e. The molecule has 4 nitrogen and oxygen atoms in total. The van der Waals surface area contributed by atoms with Gasteiger partial charge in [0.2, 0.25) is 5.95 Å². The van der Waals surface area contributed by atoms with E-state index in [0.29, 0.717) is 0 Å². The van der Waals surface area contributed by atoms with Gasteiger partial charge in [0.1, 0.15) is 0 Å². The standard InChI is InChI=1S/C16H25N3OS/c1-5-20-8-6-7-19-11-13(3)18-16(19)17-10-15-9-12(2)14(4)21-15/h9,11H,5-8,10H2,1-4H3,(H,17,18). The summed E-state index contributed by atoms with van der Waals surface area (Å²) in [4.78, 5) is 7.31. The van der Waals surface area contributed by atoms with Crippen molar-refractivity contribution in [3.63, 3.8) is 0 Å². The number of imidazole rings is 1. The lowest BCUT2D eigenvalue weighted by molar-refractivity contribution is 0.142. The molecule has 0 amide bonds. The maximum atomic E-state index is 5.39. The van der Waals surface area contributed by atoms with Gasteiger partial charge in [0.15, 0.2) is 0 Å². The lowest BCUT2D eigenvalue weighted by Gasteiger charge is -2.09. The van der Waals surface area contributed by atoms with Crippen LogP contribution < -0.4 is 5.32 Å². The molecule has 0 aliphatic carbocycles. The first-order chi connectivity index (χ1) is 10.1. The largest absolute Gasteiger partial charge is 0.382 e. The molecule has 2 aromatic heterocycles. The number of nitrogens with zero attached hydrogens (tertiary/aromatic N) is 2. The zero-order valence-corrected chi connectivity index (χ0v) is 14.2. The predicted molar refractivity (Wildman–Crippen MR) is 89.2 cm³/mol. The van der Waals surface area contributed by atoms with Crippen molar-refractivity contribution in [2.75, 3.05) is 18.5 Å². The summed E-state index contributed by atoms with van der Waals surface area (Å²) in [7, 11) is 0. The molecule has 0 saturated heterocycles. The van der Waals surface area contributed by atoms with Crippen molar-refractivity contribution in [1.29, 1.82) is 0 Å². The van der Waals surface area contributed by atoms with E-state index in [4.69, 9.17) is 4.74 Å². The van der Waals surface area contributed by atoms with E-state index in [1.807, 2.05) is 25.2 Å². The Kier molecular flexibility index (Phi) is 5.82. The molecule has 1 N–H and O–H groups in total. The third-order valence-electron chi connectivity index (χ3n) is 3.43. The molecule has 0 unspecified atom stereocenters.